The highest BCUT2D eigenvalue weighted by Crippen LogP contribution is 2.42. The van der Waals surface area contributed by atoms with E-state index >= 15 is 0 Å². The number of fused-ring (bicyclic) bond motifs is 3. The van der Waals surface area contributed by atoms with Gasteiger partial charge in [-0.25, -0.2) is 8.42 Å². The Kier molecular flexibility index (Phi) is 4.98. The van der Waals surface area contributed by atoms with Crippen LogP contribution in [0.2, 0.25) is 0 Å². The summed E-state index contributed by atoms with van der Waals surface area (Å²) in [7, 11) is -3.42. The van der Waals surface area contributed by atoms with Crippen molar-refractivity contribution in [3.63, 3.8) is 0 Å². The topological polar surface area (TPSA) is 99.1 Å². The number of likely N-dealkylation sites (tertiary alicyclic amines) is 1. The van der Waals surface area contributed by atoms with Crippen LogP contribution in [0.1, 0.15) is 28.8 Å². The van der Waals surface area contributed by atoms with Gasteiger partial charge in [0.15, 0.2) is 5.17 Å². The Balaban J connectivity index is 1.31. The molecule has 8 nitrogen and oxygen atoms in total. The summed E-state index contributed by atoms with van der Waals surface area (Å²) in [5.74, 6) is -0.103. The summed E-state index contributed by atoms with van der Waals surface area (Å²) in [4.78, 5) is 29.2. The molecule has 0 aromatic heterocycles. The van der Waals surface area contributed by atoms with Crippen LogP contribution in [0.25, 0.3) is 0 Å². The van der Waals surface area contributed by atoms with Crippen LogP contribution >= 0.6 is 11.8 Å². The summed E-state index contributed by atoms with van der Waals surface area (Å²) in [5, 5.41) is 3.34. The van der Waals surface area contributed by atoms with Gasteiger partial charge in [0.1, 0.15) is 0 Å². The molecule has 0 aliphatic carbocycles. The molecule has 0 saturated carbocycles. The minimum atomic E-state index is -3.42. The van der Waals surface area contributed by atoms with Crippen LogP contribution in [0.4, 0.5) is 11.4 Å². The number of sulfonamides is 1. The zero-order valence-corrected chi connectivity index (χ0v) is 18.2. The standard InChI is InChI=1S/C21H20N4O4S2/c26-19-5-2-8-24(19)13-14-3-1-4-16(11-14)22-20(27)15-6-7-17-18(12-15)30-21-23-31(28,29)10-9-25(17)21/h1,3-4,6-7,11-12H,2,5,8-10,13H2,(H,22,27). The molecule has 3 aliphatic rings. The Morgan fingerprint density at radius 3 is 2.84 bits per heavy atom. The highest BCUT2D eigenvalue weighted by molar-refractivity contribution is 8.15. The zero-order chi connectivity index (χ0) is 21.6. The fourth-order valence-electron chi connectivity index (χ4n) is 3.91. The number of nitrogens with zero attached hydrogens (tertiary/aromatic N) is 3. The van der Waals surface area contributed by atoms with E-state index in [1.54, 1.807) is 12.1 Å². The van der Waals surface area contributed by atoms with Crippen LogP contribution < -0.4 is 10.2 Å². The first-order valence-corrected chi connectivity index (χ1v) is 12.4. The number of hydrogen-bond acceptors (Lipinski definition) is 6. The molecule has 0 radical (unpaired) electrons. The van der Waals surface area contributed by atoms with Crippen LogP contribution in [0.3, 0.4) is 0 Å². The predicted molar refractivity (Wildman–Crippen MR) is 120 cm³/mol. The third kappa shape index (κ3) is 4.05. The minimum absolute atomic E-state index is 0.0158. The Bertz CT molecular complexity index is 1230. The summed E-state index contributed by atoms with van der Waals surface area (Å²) in [6.07, 6.45) is 1.49. The maximum Gasteiger partial charge on any atom is 0.257 e. The van der Waals surface area contributed by atoms with Gasteiger partial charge in [-0.2, -0.15) is 0 Å². The summed E-state index contributed by atoms with van der Waals surface area (Å²) in [6.45, 7) is 1.67. The number of amides is 2. The lowest BCUT2D eigenvalue weighted by Gasteiger charge is -2.22. The lowest BCUT2D eigenvalue weighted by molar-refractivity contribution is -0.128. The molecule has 31 heavy (non-hydrogen) atoms. The third-order valence-corrected chi connectivity index (χ3v) is 7.77. The van der Waals surface area contributed by atoms with E-state index in [1.807, 2.05) is 40.1 Å². The first kappa shape index (κ1) is 20.1. The first-order valence-electron chi connectivity index (χ1n) is 9.98. The predicted octanol–water partition coefficient (Wildman–Crippen LogP) is 2.67. The number of thioether (sulfide) groups is 1. The maximum atomic E-state index is 12.8. The van der Waals surface area contributed by atoms with Gasteiger partial charge < -0.3 is 15.1 Å². The number of carbonyl (C=O) groups is 2. The number of carbonyl (C=O) groups excluding carboxylic acids is 2. The Morgan fingerprint density at radius 1 is 1.16 bits per heavy atom. The second kappa shape index (κ2) is 7.69. The molecule has 2 amide bonds. The zero-order valence-electron chi connectivity index (χ0n) is 16.6. The molecule has 0 spiro atoms. The normalized spacial score (nSPS) is 19.1. The van der Waals surface area contributed by atoms with Crippen molar-refractivity contribution < 1.29 is 18.0 Å². The molecule has 2 aromatic rings. The molecule has 0 atom stereocenters. The van der Waals surface area contributed by atoms with Crippen LogP contribution in [0.15, 0.2) is 51.8 Å². The van der Waals surface area contributed by atoms with Crippen molar-refractivity contribution in [3.8, 4) is 0 Å². The van der Waals surface area contributed by atoms with Crippen molar-refractivity contribution in [2.45, 2.75) is 24.3 Å². The molecule has 5 rings (SSSR count). The monoisotopic (exact) mass is 456 g/mol. The van der Waals surface area contributed by atoms with E-state index in [2.05, 4.69) is 9.71 Å². The molecule has 1 fully saturated rings. The fourth-order valence-corrected chi connectivity index (χ4v) is 6.21. The molecule has 3 heterocycles. The molecule has 0 unspecified atom stereocenters. The molecule has 1 saturated heterocycles. The van der Waals surface area contributed by atoms with Gasteiger partial charge in [-0.05, 0) is 54.1 Å². The van der Waals surface area contributed by atoms with Crippen molar-refractivity contribution in [1.82, 2.24) is 4.90 Å². The molecule has 1 N–H and O–H groups in total. The van der Waals surface area contributed by atoms with Gasteiger partial charge in [0.25, 0.3) is 15.9 Å². The Morgan fingerprint density at radius 2 is 2.03 bits per heavy atom. The Labute approximate surface area is 184 Å². The SMILES string of the molecule is O=C(Nc1cccc(CN2CCCC2=O)c1)c1ccc2c(c1)SC1=NS(=O)(=O)CCN12. The molecule has 0 bridgehead atoms. The van der Waals surface area contributed by atoms with Crippen molar-refractivity contribution >= 4 is 50.1 Å². The van der Waals surface area contributed by atoms with Gasteiger partial charge in [0.05, 0.1) is 11.4 Å². The Hall–Kier alpha value is -2.85. The summed E-state index contributed by atoms with van der Waals surface area (Å²) < 4.78 is 27.4. The van der Waals surface area contributed by atoms with Crippen molar-refractivity contribution in [2.24, 2.45) is 4.40 Å². The van der Waals surface area contributed by atoms with Gasteiger partial charge in [0.2, 0.25) is 5.91 Å². The first-order chi connectivity index (χ1) is 14.9. The summed E-state index contributed by atoms with van der Waals surface area (Å²) in [6, 6.07) is 12.8. The second-order valence-corrected chi connectivity index (χ2v) is 10.4. The molecular weight excluding hydrogens is 436 g/mol. The van der Waals surface area contributed by atoms with Crippen molar-refractivity contribution in [2.75, 3.05) is 29.1 Å². The van der Waals surface area contributed by atoms with Crippen LogP contribution in [-0.2, 0) is 21.4 Å². The molecule has 160 valence electrons. The van der Waals surface area contributed by atoms with Crippen LogP contribution in [0, 0.1) is 0 Å². The number of nitrogens with one attached hydrogen (secondary N) is 1. The lowest BCUT2D eigenvalue weighted by Crippen LogP contribution is -2.35. The van der Waals surface area contributed by atoms with Crippen molar-refractivity contribution in [1.29, 1.82) is 0 Å². The number of benzene rings is 2. The van der Waals surface area contributed by atoms with E-state index in [0.717, 1.165) is 29.1 Å². The van der Waals surface area contributed by atoms with Crippen molar-refractivity contribution in [3.05, 3.63) is 53.6 Å². The average molecular weight is 457 g/mol. The quantitative estimate of drug-likeness (QED) is 0.760. The number of hydrogen-bond donors (Lipinski definition) is 1. The van der Waals surface area contributed by atoms with Gasteiger partial charge in [-0.1, -0.05) is 12.1 Å². The van der Waals surface area contributed by atoms with Gasteiger partial charge >= 0.3 is 0 Å². The molecule has 10 heteroatoms. The van der Waals surface area contributed by atoms with E-state index in [1.165, 1.54) is 11.8 Å². The smallest absolute Gasteiger partial charge is 0.257 e. The lowest BCUT2D eigenvalue weighted by atomic mass is 10.1. The summed E-state index contributed by atoms with van der Waals surface area (Å²) >= 11 is 1.26. The number of anilines is 2. The largest absolute Gasteiger partial charge is 0.338 e. The van der Waals surface area contributed by atoms with Gasteiger partial charge in [-0.3, -0.25) is 9.59 Å². The van der Waals surface area contributed by atoms with Crippen LogP contribution in [0.5, 0.6) is 0 Å². The van der Waals surface area contributed by atoms with E-state index < -0.39 is 10.0 Å². The van der Waals surface area contributed by atoms with Crippen LogP contribution in [-0.4, -0.2) is 49.1 Å². The highest BCUT2D eigenvalue weighted by atomic mass is 32.2. The van der Waals surface area contributed by atoms with E-state index in [4.69, 9.17) is 0 Å². The molecule has 3 aliphatic heterocycles. The fraction of sp³-hybridized carbons (Fsp3) is 0.286. The van der Waals surface area contributed by atoms with E-state index in [9.17, 15) is 18.0 Å². The maximum absolute atomic E-state index is 12.8. The summed E-state index contributed by atoms with van der Waals surface area (Å²) in [5.41, 5.74) is 2.98. The number of amidine groups is 1. The van der Waals surface area contributed by atoms with E-state index in [-0.39, 0.29) is 17.6 Å². The minimum Gasteiger partial charge on any atom is -0.338 e. The van der Waals surface area contributed by atoms with Gasteiger partial charge in [-0.15, -0.1) is 4.40 Å². The molecular formula is C21H20N4O4S2. The third-order valence-electron chi connectivity index (χ3n) is 5.46. The number of rotatable bonds is 4. The highest BCUT2D eigenvalue weighted by Gasteiger charge is 2.33. The van der Waals surface area contributed by atoms with E-state index in [0.29, 0.717) is 35.9 Å². The van der Waals surface area contributed by atoms with Gasteiger partial charge in [0, 0.05) is 42.2 Å². The molecule has 2 aromatic carbocycles. The second-order valence-electron chi connectivity index (χ2n) is 7.67. The average Bonchev–Trinajstić information content (AvgIpc) is 3.29.